The Bertz CT molecular complexity index is 347. The molecule has 122 valence electrons. The van der Waals surface area contributed by atoms with Crippen LogP contribution in [0.2, 0.25) is 0 Å². The Balaban J connectivity index is 2.48. The second-order valence-corrected chi connectivity index (χ2v) is 6.41. The van der Waals surface area contributed by atoms with Crippen LogP contribution in [-0.4, -0.2) is 47.6 Å². The number of rotatable bonds is 9. The van der Waals surface area contributed by atoms with Gasteiger partial charge in [-0.15, -0.1) is 0 Å². The Morgan fingerprint density at radius 1 is 1.19 bits per heavy atom. The van der Waals surface area contributed by atoms with E-state index in [4.69, 9.17) is 5.11 Å². The molecule has 1 amide bonds. The molecule has 1 saturated carbocycles. The van der Waals surface area contributed by atoms with E-state index in [0.29, 0.717) is 6.42 Å². The van der Waals surface area contributed by atoms with Crippen molar-refractivity contribution in [2.75, 3.05) is 19.6 Å². The van der Waals surface area contributed by atoms with E-state index in [1.54, 1.807) is 0 Å². The maximum atomic E-state index is 12.2. The van der Waals surface area contributed by atoms with E-state index >= 15 is 0 Å². The predicted octanol–water partition coefficient (Wildman–Crippen LogP) is 2.26. The minimum absolute atomic E-state index is 0.00203. The normalized spacial score (nSPS) is 18.7. The Morgan fingerprint density at radius 2 is 1.76 bits per heavy atom. The highest BCUT2D eigenvalue weighted by Crippen LogP contribution is 2.44. The topological polar surface area (TPSA) is 69.6 Å². The molecule has 2 N–H and O–H groups in total. The molecule has 0 bridgehead atoms. The number of likely N-dealkylation sites (N-methyl/N-ethyl adjacent to an activating group) is 1. The van der Waals surface area contributed by atoms with Gasteiger partial charge >= 0.3 is 5.97 Å². The summed E-state index contributed by atoms with van der Waals surface area (Å²) < 4.78 is 0. The summed E-state index contributed by atoms with van der Waals surface area (Å²) in [7, 11) is 0. The van der Waals surface area contributed by atoms with Crippen molar-refractivity contribution in [1.29, 1.82) is 0 Å². The third-order valence-electron chi connectivity index (χ3n) is 4.56. The highest BCUT2D eigenvalue weighted by molar-refractivity contribution is 5.78. The molecule has 0 aromatic carbocycles. The number of aliphatic carboxylic acids is 1. The number of hydrogen-bond donors (Lipinski definition) is 2. The van der Waals surface area contributed by atoms with Gasteiger partial charge in [-0.1, -0.05) is 26.7 Å². The zero-order valence-corrected chi connectivity index (χ0v) is 13.7. The van der Waals surface area contributed by atoms with Gasteiger partial charge in [0.25, 0.3) is 0 Å². The summed E-state index contributed by atoms with van der Waals surface area (Å²) >= 11 is 0. The zero-order valence-electron chi connectivity index (χ0n) is 13.7. The number of hydrogen-bond acceptors (Lipinski definition) is 3. The highest BCUT2D eigenvalue weighted by Gasteiger charge is 2.38. The molecular formula is C16H30N2O3. The molecule has 0 heterocycles. The number of carboxylic acids is 1. The third-order valence-corrected chi connectivity index (χ3v) is 4.56. The SMILES string of the molecule is CCN(CC)CC(C)NC(=O)CC1(CC(=O)O)CCCC1. The average Bonchev–Trinajstić information content (AvgIpc) is 2.82. The van der Waals surface area contributed by atoms with E-state index in [-0.39, 0.29) is 23.8 Å². The molecule has 1 unspecified atom stereocenters. The minimum atomic E-state index is -0.791. The number of nitrogens with zero attached hydrogens (tertiary/aromatic N) is 1. The molecule has 0 spiro atoms. The molecule has 1 aliphatic rings. The van der Waals surface area contributed by atoms with Crippen molar-refractivity contribution in [2.45, 2.75) is 65.3 Å². The van der Waals surface area contributed by atoms with Crippen LogP contribution < -0.4 is 5.32 Å². The van der Waals surface area contributed by atoms with Crippen LogP contribution in [0.15, 0.2) is 0 Å². The van der Waals surface area contributed by atoms with Gasteiger partial charge in [0, 0.05) is 19.0 Å². The lowest BCUT2D eigenvalue weighted by Gasteiger charge is -2.28. The maximum Gasteiger partial charge on any atom is 0.303 e. The highest BCUT2D eigenvalue weighted by atomic mass is 16.4. The Kier molecular flexibility index (Phi) is 7.15. The smallest absolute Gasteiger partial charge is 0.303 e. The lowest BCUT2D eigenvalue weighted by molar-refractivity contribution is -0.140. The number of carbonyl (C=O) groups excluding carboxylic acids is 1. The van der Waals surface area contributed by atoms with Crippen molar-refractivity contribution in [2.24, 2.45) is 5.41 Å². The molecular weight excluding hydrogens is 268 g/mol. The van der Waals surface area contributed by atoms with Crippen molar-refractivity contribution in [3.05, 3.63) is 0 Å². The van der Waals surface area contributed by atoms with Gasteiger partial charge in [0.2, 0.25) is 5.91 Å². The molecule has 0 aromatic rings. The van der Waals surface area contributed by atoms with Gasteiger partial charge < -0.3 is 15.3 Å². The second-order valence-electron chi connectivity index (χ2n) is 6.41. The summed E-state index contributed by atoms with van der Waals surface area (Å²) in [4.78, 5) is 25.6. The van der Waals surface area contributed by atoms with Gasteiger partial charge in [0.15, 0.2) is 0 Å². The molecule has 1 fully saturated rings. The molecule has 0 aromatic heterocycles. The molecule has 1 atom stereocenters. The lowest BCUT2D eigenvalue weighted by Crippen LogP contribution is -2.43. The Morgan fingerprint density at radius 3 is 2.24 bits per heavy atom. The fourth-order valence-electron chi connectivity index (χ4n) is 3.44. The summed E-state index contributed by atoms with van der Waals surface area (Å²) in [5.74, 6) is -0.793. The molecule has 21 heavy (non-hydrogen) atoms. The zero-order chi connectivity index (χ0) is 15.9. The van der Waals surface area contributed by atoms with Crippen LogP contribution in [0.25, 0.3) is 0 Å². The van der Waals surface area contributed by atoms with Crippen molar-refractivity contribution in [1.82, 2.24) is 10.2 Å². The fraction of sp³-hybridized carbons (Fsp3) is 0.875. The molecule has 5 nitrogen and oxygen atoms in total. The van der Waals surface area contributed by atoms with Gasteiger partial charge in [-0.05, 0) is 38.3 Å². The lowest BCUT2D eigenvalue weighted by atomic mass is 9.79. The second kappa shape index (κ2) is 8.37. The van der Waals surface area contributed by atoms with E-state index < -0.39 is 5.97 Å². The van der Waals surface area contributed by atoms with Crippen LogP contribution in [0.5, 0.6) is 0 Å². The van der Waals surface area contributed by atoms with Crippen molar-refractivity contribution in [3.63, 3.8) is 0 Å². The van der Waals surface area contributed by atoms with E-state index in [1.165, 1.54) is 0 Å². The molecule has 0 saturated heterocycles. The summed E-state index contributed by atoms with van der Waals surface area (Å²) in [5.41, 5.74) is -0.315. The van der Waals surface area contributed by atoms with Gasteiger partial charge in [-0.25, -0.2) is 0 Å². The molecule has 5 heteroatoms. The minimum Gasteiger partial charge on any atom is -0.481 e. The van der Waals surface area contributed by atoms with Crippen LogP contribution in [0, 0.1) is 5.41 Å². The largest absolute Gasteiger partial charge is 0.481 e. The van der Waals surface area contributed by atoms with Crippen LogP contribution in [0.3, 0.4) is 0 Å². The van der Waals surface area contributed by atoms with Gasteiger partial charge in [-0.3, -0.25) is 9.59 Å². The van der Waals surface area contributed by atoms with Gasteiger partial charge in [0.05, 0.1) is 6.42 Å². The molecule has 1 rings (SSSR count). The first kappa shape index (κ1) is 18.0. The molecule has 0 radical (unpaired) electrons. The Hall–Kier alpha value is -1.10. The molecule has 0 aliphatic heterocycles. The van der Waals surface area contributed by atoms with Gasteiger partial charge in [0.1, 0.15) is 0 Å². The number of carbonyl (C=O) groups is 2. The maximum absolute atomic E-state index is 12.2. The fourth-order valence-corrected chi connectivity index (χ4v) is 3.44. The molecule has 1 aliphatic carbocycles. The van der Waals surface area contributed by atoms with Gasteiger partial charge in [-0.2, -0.15) is 0 Å². The number of amides is 1. The average molecular weight is 298 g/mol. The van der Waals surface area contributed by atoms with Crippen molar-refractivity contribution >= 4 is 11.9 Å². The van der Waals surface area contributed by atoms with E-state index in [2.05, 4.69) is 24.1 Å². The van der Waals surface area contributed by atoms with Crippen LogP contribution in [0.1, 0.15) is 59.3 Å². The van der Waals surface area contributed by atoms with Crippen LogP contribution in [0.4, 0.5) is 0 Å². The number of nitrogens with one attached hydrogen (secondary N) is 1. The van der Waals surface area contributed by atoms with Crippen molar-refractivity contribution in [3.8, 4) is 0 Å². The quantitative estimate of drug-likeness (QED) is 0.685. The Labute approximate surface area is 128 Å². The first-order valence-electron chi connectivity index (χ1n) is 8.14. The van der Waals surface area contributed by atoms with E-state index in [0.717, 1.165) is 45.3 Å². The first-order chi connectivity index (χ1) is 9.90. The van der Waals surface area contributed by atoms with E-state index in [9.17, 15) is 9.59 Å². The van der Waals surface area contributed by atoms with Crippen LogP contribution >= 0.6 is 0 Å². The summed E-state index contributed by atoms with van der Waals surface area (Å²) in [6.45, 7) is 9.01. The number of carboxylic acid groups (broad SMARTS) is 1. The predicted molar refractivity (Wildman–Crippen MR) is 83.2 cm³/mol. The van der Waals surface area contributed by atoms with E-state index in [1.807, 2.05) is 6.92 Å². The monoisotopic (exact) mass is 298 g/mol. The van der Waals surface area contributed by atoms with Crippen LogP contribution in [-0.2, 0) is 9.59 Å². The summed E-state index contributed by atoms with van der Waals surface area (Å²) in [6.07, 6.45) is 4.26. The first-order valence-corrected chi connectivity index (χ1v) is 8.14. The standard InChI is InChI=1S/C16H30N2O3/c1-4-18(5-2)12-13(3)17-14(19)10-16(11-15(20)21)8-6-7-9-16/h13H,4-12H2,1-3H3,(H,17,19)(H,20,21). The summed E-state index contributed by atoms with van der Waals surface area (Å²) in [6, 6.07) is 0.0979. The van der Waals surface area contributed by atoms with Crippen molar-refractivity contribution < 1.29 is 14.7 Å². The summed E-state index contributed by atoms with van der Waals surface area (Å²) in [5, 5.41) is 12.1. The third kappa shape index (κ3) is 6.04.